The Bertz CT molecular complexity index is 775. The molecule has 0 aromatic heterocycles. The van der Waals surface area contributed by atoms with Gasteiger partial charge in [-0.25, -0.2) is 0 Å². The lowest BCUT2D eigenvalue weighted by molar-refractivity contribution is -0.274. The number of rotatable bonds is 7. The van der Waals surface area contributed by atoms with Crippen LogP contribution in [0.5, 0.6) is 11.5 Å². The summed E-state index contributed by atoms with van der Waals surface area (Å²) in [5.41, 5.74) is 0.627. The van der Waals surface area contributed by atoms with E-state index in [1.54, 1.807) is 31.2 Å². The van der Waals surface area contributed by atoms with E-state index in [9.17, 15) is 22.8 Å². The summed E-state index contributed by atoms with van der Waals surface area (Å²) >= 11 is 0. The summed E-state index contributed by atoms with van der Waals surface area (Å²) in [5, 5.41) is 5.20. The highest BCUT2D eigenvalue weighted by atomic mass is 19.4. The first-order chi connectivity index (χ1) is 12.8. The molecule has 2 N–H and O–H groups in total. The average molecular weight is 382 g/mol. The number of hydrogen-bond donors (Lipinski definition) is 2. The van der Waals surface area contributed by atoms with Crippen molar-refractivity contribution in [3.8, 4) is 11.5 Å². The Balaban J connectivity index is 1.90. The Morgan fingerprint density at radius 2 is 1.56 bits per heavy atom. The number of nitrogens with one attached hydrogen (secondary N) is 2. The monoisotopic (exact) mass is 382 g/mol. The third-order valence-electron chi connectivity index (χ3n) is 3.21. The van der Waals surface area contributed by atoms with Crippen molar-refractivity contribution in [3.05, 3.63) is 54.1 Å². The normalized spacial score (nSPS) is 10.8. The number of benzene rings is 2. The summed E-state index contributed by atoms with van der Waals surface area (Å²) < 4.78 is 45.4. The van der Waals surface area contributed by atoms with E-state index in [-0.39, 0.29) is 18.1 Å². The number of ether oxygens (including phenoxy) is 2. The summed E-state index contributed by atoms with van der Waals surface area (Å²) in [7, 11) is 0. The molecule has 2 aromatic rings. The minimum Gasteiger partial charge on any atom is -0.484 e. The molecule has 6 nitrogen and oxygen atoms in total. The zero-order valence-corrected chi connectivity index (χ0v) is 14.3. The van der Waals surface area contributed by atoms with Crippen LogP contribution in [0.3, 0.4) is 0 Å². The average Bonchev–Trinajstić information content (AvgIpc) is 2.60. The molecule has 0 bridgehead atoms. The van der Waals surface area contributed by atoms with Crippen LogP contribution < -0.4 is 20.1 Å². The number of likely N-dealkylation sites (N-methyl/N-ethyl adjacent to an activating group) is 1. The number of halogens is 3. The molecule has 0 unspecified atom stereocenters. The Hall–Kier alpha value is -3.23. The van der Waals surface area contributed by atoms with E-state index < -0.39 is 18.0 Å². The molecule has 2 rings (SSSR count). The molecule has 0 spiro atoms. The van der Waals surface area contributed by atoms with Gasteiger partial charge in [0.1, 0.15) is 11.5 Å². The Labute approximate surface area is 153 Å². The van der Waals surface area contributed by atoms with Crippen molar-refractivity contribution in [2.75, 3.05) is 18.5 Å². The van der Waals surface area contributed by atoms with Gasteiger partial charge in [0.15, 0.2) is 6.61 Å². The van der Waals surface area contributed by atoms with Crippen LogP contribution in [0.25, 0.3) is 0 Å². The lowest BCUT2D eigenvalue weighted by Crippen LogP contribution is -2.28. The van der Waals surface area contributed by atoms with Crippen molar-refractivity contribution >= 4 is 17.5 Å². The van der Waals surface area contributed by atoms with Gasteiger partial charge >= 0.3 is 6.36 Å². The second kappa shape index (κ2) is 8.93. The van der Waals surface area contributed by atoms with Crippen LogP contribution in [0.2, 0.25) is 0 Å². The Morgan fingerprint density at radius 1 is 0.963 bits per heavy atom. The van der Waals surface area contributed by atoms with Gasteiger partial charge in [0.2, 0.25) is 0 Å². The molecule has 0 saturated heterocycles. The minimum absolute atomic E-state index is 0.119. The third kappa shape index (κ3) is 6.89. The Morgan fingerprint density at radius 3 is 2.11 bits per heavy atom. The molecule has 9 heteroatoms. The van der Waals surface area contributed by atoms with Crippen LogP contribution >= 0.6 is 0 Å². The standard InChI is InChI=1S/C18H17F3N2O4/c1-2-22-16(24)11-26-14-9-5-13(6-10-14)23-17(25)12-3-7-15(8-4-12)27-18(19,20)21/h3-10H,2,11H2,1H3,(H,22,24)(H,23,25). The van der Waals surface area contributed by atoms with Crippen molar-refractivity contribution in [2.45, 2.75) is 13.3 Å². The van der Waals surface area contributed by atoms with Gasteiger partial charge in [-0.3, -0.25) is 9.59 Å². The summed E-state index contributed by atoms with van der Waals surface area (Å²) in [6, 6.07) is 10.9. The lowest BCUT2D eigenvalue weighted by Gasteiger charge is -2.10. The largest absolute Gasteiger partial charge is 0.573 e. The van der Waals surface area contributed by atoms with Crippen LogP contribution in [0, 0.1) is 0 Å². The van der Waals surface area contributed by atoms with Crippen LogP contribution in [-0.4, -0.2) is 31.3 Å². The van der Waals surface area contributed by atoms with Gasteiger partial charge in [0.05, 0.1) is 0 Å². The van der Waals surface area contributed by atoms with E-state index in [1.165, 1.54) is 12.1 Å². The summed E-state index contributed by atoms with van der Waals surface area (Å²) in [5.74, 6) is -0.696. The molecular formula is C18H17F3N2O4. The minimum atomic E-state index is -4.79. The molecule has 0 radical (unpaired) electrons. The van der Waals surface area contributed by atoms with E-state index in [4.69, 9.17) is 4.74 Å². The maximum absolute atomic E-state index is 12.1. The SMILES string of the molecule is CCNC(=O)COc1ccc(NC(=O)c2ccc(OC(F)(F)F)cc2)cc1. The molecule has 0 aliphatic heterocycles. The number of carbonyl (C=O) groups excluding carboxylic acids is 2. The molecule has 0 aliphatic rings. The predicted octanol–water partition coefficient (Wildman–Crippen LogP) is 3.35. The van der Waals surface area contributed by atoms with Crippen molar-refractivity contribution in [3.63, 3.8) is 0 Å². The van der Waals surface area contributed by atoms with Gasteiger partial charge in [0, 0.05) is 17.8 Å². The van der Waals surface area contributed by atoms with Gasteiger partial charge in [0.25, 0.3) is 11.8 Å². The molecular weight excluding hydrogens is 365 g/mol. The number of alkyl halides is 3. The first-order valence-electron chi connectivity index (χ1n) is 7.93. The van der Waals surface area contributed by atoms with Gasteiger partial charge in [-0.15, -0.1) is 13.2 Å². The first kappa shape index (κ1) is 20.1. The number of hydrogen-bond acceptors (Lipinski definition) is 4. The molecule has 27 heavy (non-hydrogen) atoms. The van der Waals surface area contributed by atoms with Gasteiger partial charge in [-0.2, -0.15) is 0 Å². The van der Waals surface area contributed by atoms with Crippen LogP contribution in [0.4, 0.5) is 18.9 Å². The zero-order chi connectivity index (χ0) is 19.9. The topological polar surface area (TPSA) is 76.7 Å². The van der Waals surface area contributed by atoms with Crippen molar-refractivity contribution in [1.29, 1.82) is 0 Å². The van der Waals surface area contributed by atoms with E-state index in [0.29, 0.717) is 18.0 Å². The molecule has 0 atom stereocenters. The van der Waals surface area contributed by atoms with Crippen LogP contribution in [-0.2, 0) is 4.79 Å². The predicted molar refractivity (Wildman–Crippen MR) is 91.7 cm³/mol. The highest BCUT2D eigenvalue weighted by molar-refractivity contribution is 6.04. The van der Waals surface area contributed by atoms with Crippen molar-refractivity contribution < 1.29 is 32.2 Å². The molecule has 0 heterocycles. The van der Waals surface area contributed by atoms with Gasteiger partial charge < -0.3 is 20.1 Å². The smallest absolute Gasteiger partial charge is 0.484 e. The lowest BCUT2D eigenvalue weighted by atomic mass is 10.2. The van der Waals surface area contributed by atoms with Crippen LogP contribution in [0.15, 0.2) is 48.5 Å². The Kier molecular flexibility index (Phi) is 6.64. The first-order valence-corrected chi connectivity index (χ1v) is 7.93. The fourth-order valence-corrected chi connectivity index (χ4v) is 2.04. The summed E-state index contributed by atoms with van der Waals surface area (Å²) in [6.07, 6.45) is -4.79. The van der Waals surface area contributed by atoms with Crippen molar-refractivity contribution in [1.82, 2.24) is 5.32 Å². The highest BCUT2D eigenvalue weighted by Gasteiger charge is 2.31. The summed E-state index contributed by atoms with van der Waals surface area (Å²) in [6.45, 7) is 2.19. The second-order valence-electron chi connectivity index (χ2n) is 5.29. The quantitative estimate of drug-likeness (QED) is 0.770. The van der Waals surface area contributed by atoms with Crippen LogP contribution in [0.1, 0.15) is 17.3 Å². The molecule has 2 aromatic carbocycles. The molecule has 0 saturated carbocycles. The molecule has 0 fully saturated rings. The number of anilines is 1. The maximum atomic E-state index is 12.1. The second-order valence-corrected chi connectivity index (χ2v) is 5.29. The maximum Gasteiger partial charge on any atom is 0.573 e. The van der Waals surface area contributed by atoms with Gasteiger partial charge in [-0.05, 0) is 55.5 Å². The molecule has 0 aliphatic carbocycles. The zero-order valence-electron chi connectivity index (χ0n) is 14.3. The van der Waals surface area contributed by atoms with E-state index in [2.05, 4.69) is 15.4 Å². The summed E-state index contributed by atoms with van der Waals surface area (Å²) in [4.78, 5) is 23.4. The van der Waals surface area contributed by atoms with Crippen molar-refractivity contribution in [2.24, 2.45) is 0 Å². The van der Waals surface area contributed by atoms with Gasteiger partial charge in [-0.1, -0.05) is 0 Å². The fourth-order valence-electron chi connectivity index (χ4n) is 2.04. The van der Waals surface area contributed by atoms with E-state index in [0.717, 1.165) is 12.1 Å². The van der Waals surface area contributed by atoms with E-state index >= 15 is 0 Å². The highest BCUT2D eigenvalue weighted by Crippen LogP contribution is 2.23. The molecule has 2 amide bonds. The van der Waals surface area contributed by atoms with E-state index in [1.807, 2.05) is 0 Å². The third-order valence-corrected chi connectivity index (χ3v) is 3.21. The number of amides is 2. The fraction of sp³-hybridized carbons (Fsp3) is 0.222. The number of carbonyl (C=O) groups is 2. The molecule has 144 valence electrons.